The summed E-state index contributed by atoms with van der Waals surface area (Å²) in [5.74, 6) is 1.18. The first kappa shape index (κ1) is 17.3. The Hall–Kier alpha value is -2.01. The van der Waals surface area contributed by atoms with E-state index in [0.29, 0.717) is 23.8 Å². The molecule has 0 spiro atoms. The zero-order valence-corrected chi connectivity index (χ0v) is 14.6. The van der Waals surface area contributed by atoms with Crippen molar-refractivity contribution in [2.24, 2.45) is 5.92 Å². The lowest BCUT2D eigenvalue weighted by molar-refractivity contribution is 0.269. The molecule has 0 amide bonds. The molecular formula is C18H22O4S. The monoisotopic (exact) mass is 334 g/mol. The second-order valence-corrected chi connectivity index (χ2v) is 8.03. The Morgan fingerprint density at radius 3 is 2.09 bits per heavy atom. The molecule has 0 bridgehead atoms. The molecule has 0 aliphatic carbocycles. The molecule has 2 aromatic carbocycles. The Kier molecular flexibility index (Phi) is 5.00. The molecule has 0 unspecified atom stereocenters. The van der Waals surface area contributed by atoms with E-state index in [9.17, 15) is 13.5 Å². The van der Waals surface area contributed by atoms with E-state index in [-0.39, 0.29) is 15.5 Å². The predicted molar refractivity (Wildman–Crippen MR) is 89.8 cm³/mol. The third-order valence-electron chi connectivity index (χ3n) is 3.51. The smallest absolute Gasteiger partial charge is 0.206 e. The molecule has 5 heteroatoms. The molecule has 0 saturated heterocycles. The Bertz CT molecular complexity index is 808. The average molecular weight is 334 g/mol. The molecule has 0 aliphatic rings. The van der Waals surface area contributed by atoms with Crippen LogP contribution >= 0.6 is 0 Å². The fourth-order valence-electron chi connectivity index (χ4n) is 2.14. The van der Waals surface area contributed by atoms with Gasteiger partial charge in [-0.3, -0.25) is 0 Å². The minimum Gasteiger partial charge on any atom is -0.508 e. The molecule has 0 saturated carbocycles. The van der Waals surface area contributed by atoms with E-state index < -0.39 is 9.84 Å². The highest BCUT2D eigenvalue weighted by atomic mass is 32.2. The number of hydrogen-bond acceptors (Lipinski definition) is 4. The van der Waals surface area contributed by atoms with E-state index in [1.54, 1.807) is 25.1 Å². The van der Waals surface area contributed by atoms with Crippen molar-refractivity contribution in [2.75, 3.05) is 6.61 Å². The zero-order valence-electron chi connectivity index (χ0n) is 13.8. The third kappa shape index (κ3) is 3.85. The minimum atomic E-state index is -3.62. The van der Waals surface area contributed by atoms with Gasteiger partial charge in [-0.15, -0.1) is 0 Å². The first-order chi connectivity index (χ1) is 10.7. The number of sulfone groups is 1. The minimum absolute atomic E-state index is 0.0811. The number of phenols is 1. The SMILES string of the molecule is Cc1cc(S(=O)(=O)c2ccc(OCC(C)C)c(C)c2)ccc1O. The van der Waals surface area contributed by atoms with Gasteiger partial charge in [-0.2, -0.15) is 0 Å². The van der Waals surface area contributed by atoms with Crippen molar-refractivity contribution in [1.82, 2.24) is 0 Å². The number of aromatic hydroxyl groups is 1. The van der Waals surface area contributed by atoms with E-state index in [2.05, 4.69) is 13.8 Å². The summed E-state index contributed by atoms with van der Waals surface area (Å²) in [6.45, 7) is 8.20. The number of ether oxygens (including phenoxy) is 1. The molecule has 0 aliphatic heterocycles. The van der Waals surface area contributed by atoms with Gasteiger partial charge in [-0.05, 0) is 67.3 Å². The maximum atomic E-state index is 12.7. The van der Waals surface area contributed by atoms with Gasteiger partial charge in [0.05, 0.1) is 16.4 Å². The van der Waals surface area contributed by atoms with Crippen LogP contribution in [0.4, 0.5) is 0 Å². The van der Waals surface area contributed by atoms with Crippen molar-refractivity contribution in [1.29, 1.82) is 0 Å². The molecule has 0 heterocycles. The van der Waals surface area contributed by atoms with Crippen molar-refractivity contribution in [2.45, 2.75) is 37.5 Å². The molecule has 1 N–H and O–H groups in total. The summed E-state index contributed by atoms with van der Waals surface area (Å²) >= 11 is 0. The predicted octanol–water partition coefficient (Wildman–Crippen LogP) is 3.88. The number of aryl methyl sites for hydroxylation is 2. The Morgan fingerprint density at radius 1 is 1.00 bits per heavy atom. The van der Waals surface area contributed by atoms with Crippen molar-refractivity contribution >= 4 is 9.84 Å². The van der Waals surface area contributed by atoms with Gasteiger partial charge in [0.15, 0.2) is 0 Å². The van der Waals surface area contributed by atoms with Crippen LogP contribution in [0, 0.1) is 19.8 Å². The fraction of sp³-hybridized carbons (Fsp3) is 0.333. The highest BCUT2D eigenvalue weighted by Gasteiger charge is 2.19. The van der Waals surface area contributed by atoms with Gasteiger partial charge in [0.1, 0.15) is 11.5 Å². The van der Waals surface area contributed by atoms with E-state index in [4.69, 9.17) is 4.74 Å². The van der Waals surface area contributed by atoms with Gasteiger partial charge in [0, 0.05) is 0 Å². The molecule has 0 aromatic heterocycles. The second kappa shape index (κ2) is 6.62. The number of hydrogen-bond donors (Lipinski definition) is 1. The van der Waals surface area contributed by atoms with Crippen LogP contribution in [-0.4, -0.2) is 20.1 Å². The maximum absolute atomic E-state index is 12.7. The molecular weight excluding hydrogens is 312 g/mol. The van der Waals surface area contributed by atoms with Crippen LogP contribution in [0.5, 0.6) is 11.5 Å². The summed E-state index contributed by atoms with van der Waals surface area (Å²) in [5.41, 5.74) is 1.31. The number of rotatable bonds is 5. The van der Waals surface area contributed by atoms with Gasteiger partial charge in [-0.1, -0.05) is 13.8 Å². The summed E-state index contributed by atoms with van der Waals surface area (Å²) in [6.07, 6.45) is 0. The van der Waals surface area contributed by atoms with Crippen molar-refractivity contribution in [3.63, 3.8) is 0 Å². The van der Waals surface area contributed by atoms with E-state index in [1.165, 1.54) is 18.2 Å². The lowest BCUT2D eigenvalue weighted by atomic mass is 10.2. The molecule has 0 fully saturated rings. The van der Waals surface area contributed by atoms with E-state index in [0.717, 1.165) is 5.56 Å². The van der Waals surface area contributed by atoms with Gasteiger partial charge in [0.2, 0.25) is 9.84 Å². The Labute approximate surface area is 137 Å². The maximum Gasteiger partial charge on any atom is 0.206 e. The quantitative estimate of drug-likeness (QED) is 0.901. The van der Waals surface area contributed by atoms with Crippen molar-refractivity contribution in [3.05, 3.63) is 47.5 Å². The second-order valence-electron chi connectivity index (χ2n) is 6.08. The average Bonchev–Trinajstić information content (AvgIpc) is 2.48. The van der Waals surface area contributed by atoms with Gasteiger partial charge >= 0.3 is 0 Å². The normalized spacial score (nSPS) is 11.7. The number of benzene rings is 2. The largest absolute Gasteiger partial charge is 0.508 e. The van der Waals surface area contributed by atoms with Crippen LogP contribution in [0.2, 0.25) is 0 Å². The number of phenolic OH excluding ortho intramolecular Hbond substituents is 1. The summed E-state index contributed by atoms with van der Waals surface area (Å²) in [5, 5.41) is 9.55. The summed E-state index contributed by atoms with van der Waals surface area (Å²) in [6, 6.07) is 9.15. The zero-order chi connectivity index (χ0) is 17.2. The fourth-order valence-corrected chi connectivity index (χ4v) is 3.57. The molecule has 2 rings (SSSR count). The van der Waals surface area contributed by atoms with Gasteiger partial charge < -0.3 is 9.84 Å². The van der Waals surface area contributed by atoms with E-state index >= 15 is 0 Å². The summed E-state index contributed by atoms with van der Waals surface area (Å²) in [7, 11) is -3.62. The van der Waals surface area contributed by atoms with Crippen LogP contribution in [-0.2, 0) is 9.84 Å². The topological polar surface area (TPSA) is 63.6 Å². The molecule has 0 atom stereocenters. The van der Waals surface area contributed by atoms with Gasteiger partial charge in [-0.25, -0.2) is 8.42 Å². The first-order valence-electron chi connectivity index (χ1n) is 7.50. The van der Waals surface area contributed by atoms with Crippen LogP contribution in [0.25, 0.3) is 0 Å². The van der Waals surface area contributed by atoms with Crippen LogP contribution < -0.4 is 4.74 Å². The van der Waals surface area contributed by atoms with Crippen LogP contribution in [0.1, 0.15) is 25.0 Å². The molecule has 2 aromatic rings. The first-order valence-corrected chi connectivity index (χ1v) is 8.98. The highest BCUT2D eigenvalue weighted by molar-refractivity contribution is 7.91. The summed E-state index contributed by atoms with van der Waals surface area (Å²) in [4.78, 5) is 0.389. The van der Waals surface area contributed by atoms with Crippen molar-refractivity contribution < 1.29 is 18.3 Å². The Balaban J connectivity index is 2.36. The lowest BCUT2D eigenvalue weighted by Crippen LogP contribution is -2.07. The van der Waals surface area contributed by atoms with E-state index in [1.807, 2.05) is 6.92 Å². The highest BCUT2D eigenvalue weighted by Crippen LogP contribution is 2.28. The van der Waals surface area contributed by atoms with Crippen LogP contribution in [0.3, 0.4) is 0 Å². The Morgan fingerprint density at radius 2 is 1.57 bits per heavy atom. The third-order valence-corrected chi connectivity index (χ3v) is 5.26. The van der Waals surface area contributed by atoms with Gasteiger partial charge in [0.25, 0.3) is 0 Å². The van der Waals surface area contributed by atoms with Crippen LogP contribution in [0.15, 0.2) is 46.2 Å². The molecule has 4 nitrogen and oxygen atoms in total. The molecule has 124 valence electrons. The van der Waals surface area contributed by atoms with Crippen molar-refractivity contribution in [3.8, 4) is 11.5 Å². The molecule has 23 heavy (non-hydrogen) atoms. The molecule has 0 radical (unpaired) electrons. The standard InChI is InChI=1S/C18H22O4S/c1-12(2)11-22-18-8-6-16(10-14(18)4)23(20,21)15-5-7-17(19)13(3)9-15/h5-10,12,19H,11H2,1-4H3. The lowest BCUT2D eigenvalue weighted by Gasteiger charge is -2.13. The summed E-state index contributed by atoms with van der Waals surface area (Å²) < 4.78 is 31.1.